The Hall–Kier alpha value is -2.55. The number of para-hydroxylation sites is 1. The van der Waals surface area contributed by atoms with E-state index in [2.05, 4.69) is 10.6 Å². The lowest BCUT2D eigenvalue weighted by Gasteiger charge is -2.21. The Balaban J connectivity index is 1.83. The molecule has 2 aromatic carbocycles. The Morgan fingerprint density at radius 1 is 1.28 bits per heavy atom. The lowest BCUT2D eigenvalue weighted by molar-refractivity contribution is 0.0790. The molecule has 1 amide bonds. The summed E-state index contributed by atoms with van der Waals surface area (Å²) in [4.78, 5) is 38.2. The molecule has 3 rings (SSSR count). The van der Waals surface area contributed by atoms with Crippen molar-refractivity contribution in [1.29, 1.82) is 0 Å². The first-order valence-corrected chi connectivity index (χ1v) is 10.4. The van der Waals surface area contributed by atoms with Crippen LogP contribution in [0.4, 0.5) is 20.9 Å². The first-order valence-electron chi connectivity index (χ1n) is 9.66. The molecule has 3 N–H and O–H groups in total. The molecule has 0 radical (unpaired) electrons. The summed E-state index contributed by atoms with van der Waals surface area (Å²) in [6.07, 6.45) is 2.14. The van der Waals surface area contributed by atoms with Gasteiger partial charge in [0.2, 0.25) is 0 Å². The Kier molecular flexibility index (Phi) is 6.46. The molecule has 1 atom stereocenters. The molecule has 29 heavy (non-hydrogen) atoms. The number of likely N-dealkylation sites (tertiary alicyclic amines) is 1. The van der Waals surface area contributed by atoms with Crippen molar-refractivity contribution in [2.75, 3.05) is 23.7 Å². The smallest absolute Gasteiger partial charge is 0.257 e. The van der Waals surface area contributed by atoms with E-state index in [1.165, 1.54) is 17.0 Å². The molecule has 1 fully saturated rings. The first kappa shape index (κ1) is 21.2. The monoisotopic (exact) mass is 421 g/mol. The second-order valence-electron chi connectivity index (χ2n) is 7.14. The highest BCUT2D eigenvalue weighted by molar-refractivity contribution is 7.95. The summed E-state index contributed by atoms with van der Waals surface area (Å²) in [6, 6.07) is 4.63. The first-order chi connectivity index (χ1) is 13.9. The number of aromatic hydroxyl groups is 1. The molecule has 7 nitrogen and oxygen atoms in total. The number of rotatable bonds is 8. The van der Waals surface area contributed by atoms with Crippen LogP contribution < -0.4 is 21.5 Å². The molecule has 0 spiro atoms. The number of hydrogen-bond donors (Lipinski definition) is 3. The van der Waals surface area contributed by atoms with Crippen molar-refractivity contribution in [1.82, 2.24) is 4.90 Å². The van der Waals surface area contributed by atoms with Crippen LogP contribution in [-0.4, -0.2) is 40.3 Å². The van der Waals surface area contributed by atoms with Gasteiger partial charge in [-0.05, 0) is 31.4 Å². The number of nitrogens with zero attached hydrogens (tertiary/aromatic N) is 1. The van der Waals surface area contributed by atoms with Gasteiger partial charge in [-0.1, -0.05) is 19.9 Å². The van der Waals surface area contributed by atoms with Crippen LogP contribution in [0.3, 0.4) is 0 Å². The maximum atomic E-state index is 12.8. The van der Waals surface area contributed by atoms with Crippen LogP contribution >= 0.6 is 12.1 Å². The minimum absolute atomic E-state index is 0.0526. The van der Waals surface area contributed by atoms with E-state index in [0.717, 1.165) is 12.8 Å². The van der Waals surface area contributed by atoms with E-state index in [1.54, 1.807) is 6.07 Å². The van der Waals surface area contributed by atoms with E-state index in [1.807, 2.05) is 13.8 Å². The summed E-state index contributed by atoms with van der Waals surface area (Å²) < 4.78 is 12.8. The van der Waals surface area contributed by atoms with Crippen LogP contribution in [-0.2, 0) is 0 Å². The molecule has 0 saturated carbocycles. The molecular weight excluding hydrogens is 397 g/mol. The SMILES string of the molecule is CCC(CC)Nc1c(Nc2cccc(C(=O)N3CCC(SF)C3)c2O)c(=O)c1=O. The summed E-state index contributed by atoms with van der Waals surface area (Å²) in [6.45, 7) is 4.65. The Morgan fingerprint density at radius 3 is 2.59 bits per heavy atom. The van der Waals surface area contributed by atoms with E-state index in [0.29, 0.717) is 13.0 Å². The van der Waals surface area contributed by atoms with Gasteiger partial charge in [0.1, 0.15) is 11.4 Å². The third kappa shape index (κ3) is 4.10. The van der Waals surface area contributed by atoms with E-state index in [-0.39, 0.29) is 58.4 Å². The number of benzene rings is 1. The zero-order valence-electron chi connectivity index (χ0n) is 16.3. The summed E-state index contributed by atoms with van der Waals surface area (Å²) in [7, 11) is 0. The fraction of sp³-hybridized carbons (Fsp3) is 0.450. The number of nitrogens with one attached hydrogen (secondary N) is 2. The Labute approximate surface area is 172 Å². The van der Waals surface area contributed by atoms with Crippen LogP contribution in [0.2, 0.25) is 0 Å². The zero-order chi connectivity index (χ0) is 21.1. The average molecular weight is 421 g/mol. The zero-order valence-corrected chi connectivity index (χ0v) is 17.1. The van der Waals surface area contributed by atoms with Crippen molar-refractivity contribution >= 4 is 35.1 Å². The summed E-state index contributed by atoms with van der Waals surface area (Å²) in [5.41, 5.74) is -0.771. The van der Waals surface area contributed by atoms with Gasteiger partial charge in [0.15, 0.2) is 5.75 Å². The molecular formula is C20H24FN3O4S. The minimum Gasteiger partial charge on any atom is -0.505 e. The summed E-state index contributed by atoms with van der Waals surface area (Å²) in [5.74, 6) is -0.710. The molecule has 0 aromatic heterocycles. The van der Waals surface area contributed by atoms with Crippen LogP contribution in [0.15, 0.2) is 27.8 Å². The van der Waals surface area contributed by atoms with Gasteiger partial charge in [-0.2, -0.15) is 3.89 Å². The van der Waals surface area contributed by atoms with E-state index < -0.39 is 16.8 Å². The topological polar surface area (TPSA) is 98.7 Å². The fourth-order valence-electron chi connectivity index (χ4n) is 3.45. The molecule has 2 aromatic rings. The standard InChI is InChI=1S/C20H24FN3O4S/c1-3-11(4-2)22-15-16(19(27)18(15)26)23-14-7-5-6-13(17(14)25)20(28)24-9-8-12(10-24)29-21/h5-7,11-12,22-23,25H,3-4,8-10H2,1-2H3. The minimum atomic E-state index is -0.669. The molecule has 1 saturated heterocycles. The maximum Gasteiger partial charge on any atom is 0.257 e. The third-order valence-corrected chi connectivity index (χ3v) is 5.97. The second-order valence-corrected chi connectivity index (χ2v) is 7.99. The van der Waals surface area contributed by atoms with Gasteiger partial charge in [0.25, 0.3) is 16.8 Å². The van der Waals surface area contributed by atoms with Crippen molar-refractivity contribution in [2.24, 2.45) is 0 Å². The van der Waals surface area contributed by atoms with Gasteiger partial charge in [-0.15, -0.1) is 0 Å². The quantitative estimate of drug-likeness (QED) is 0.445. The van der Waals surface area contributed by atoms with Crippen LogP contribution in [0, 0.1) is 0 Å². The molecule has 156 valence electrons. The number of hydrogen-bond acceptors (Lipinski definition) is 7. The van der Waals surface area contributed by atoms with Crippen molar-refractivity contribution in [2.45, 2.75) is 44.4 Å². The normalized spacial score (nSPS) is 16.6. The van der Waals surface area contributed by atoms with Crippen molar-refractivity contribution in [3.05, 3.63) is 44.2 Å². The van der Waals surface area contributed by atoms with Gasteiger partial charge in [0.05, 0.1) is 16.5 Å². The van der Waals surface area contributed by atoms with Crippen LogP contribution in [0.1, 0.15) is 43.5 Å². The van der Waals surface area contributed by atoms with Gasteiger partial charge < -0.3 is 20.6 Å². The van der Waals surface area contributed by atoms with Crippen molar-refractivity contribution in [3.8, 4) is 5.75 Å². The molecule has 1 aliphatic rings. The van der Waals surface area contributed by atoms with E-state index >= 15 is 0 Å². The van der Waals surface area contributed by atoms with E-state index in [4.69, 9.17) is 0 Å². The third-order valence-electron chi connectivity index (χ3n) is 5.33. The van der Waals surface area contributed by atoms with E-state index in [9.17, 15) is 23.4 Å². The van der Waals surface area contributed by atoms with Crippen molar-refractivity contribution in [3.63, 3.8) is 0 Å². The number of halogens is 1. The molecule has 0 aliphatic carbocycles. The van der Waals surface area contributed by atoms with Crippen LogP contribution in [0.25, 0.3) is 0 Å². The van der Waals surface area contributed by atoms with Gasteiger partial charge in [0, 0.05) is 31.3 Å². The average Bonchev–Trinajstić information content (AvgIpc) is 3.23. The van der Waals surface area contributed by atoms with Crippen molar-refractivity contribution < 1.29 is 13.8 Å². The number of phenolic OH excluding ortho intramolecular Hbond substituents is 1. The highest BCUT2D eigenvalue weighted by atomic mass is 32.2. The fourth-order valence-corrected chi connectivity index (χ4v) is 3.88. The van der Waals surface area contributed by atoms with Gasteiger partial charge in [-0.3, -0.25) is 14.4 Å². The highest BCUT2D eigenvalue weighted by Gasteiger charge is 2.30. The maximum absolute atomic E-state index is 12.8. The second kappa shape index (κ2) is 8.86. The number of phenols is 1. The van der Waals surface area contributed by atoms with Crippen LogP contribution in [0.5, 0.6) is 5.75 Å². The molecule has 0 bridgehead atoms. The number of carbonyl (C=O) groups excluding carboxylic acids is 1. The largest absolute Gasteiger partial charge is 0.505 e. The predicted octanol–water partition coefficient (Wildman–Crippen LogP) is 3.16. The van der Waals surface area contributed by atoms with Gasteiger partial charge >= 0.3 is 0 Å². The van der Waals surface area contributed by atoms with Gasteiger partial charge in [-0.25, -0.2) is 0 Å². The summed E-state index contributed by atoms with van der Waals surface area (Å²) in [5, 5.41) is 16.2. The summed E-state index contributed by atoms with van der Waals surface area (Å²) >= 11 is 0.233. The number of amides is 1. The lowest BCUT2D eigenvalue weighted by Crippen LogP contribution is -2.38. The Bertz CT molecular complexity index is 969. The molecule has 9 heteroatoms. The number of anilines is 3. The lowest BCUT2D eigenvalue weighted by atomic mass is 10.1. The predicted molar refractivity (Wildman–Crippen MR) is 114 cm³/mol. The molecule has 1 unspecified atom stereocenters. The number of carbonyl (C=O) groups is 1. The molecule has 1 aliphatic heterocycles. The molecule has 1 heterocycles. The Morgan fingerprint density at radius 2 is 1.97 bits per heavy atom. The highest BCUT2D eigenvalue weighted by Crippen LogP contribution is 2.33.